The highest BCUT2D eigenvalue weighted by Crippen LogP contribution is 2.21. The van der Waals surface area contributed by atoms with E-state index in [1.54, 1.807) is 6.92 Å². The number of amides is 1. The van der Waals surface area contributed by atoms with Crippen LogP contribution in [-0.4, -0.2) is 28.1 Å². The van der Waals surface area contributed by atoms with Crippen LogP contribution in [0.25, 0.3) is 0 Å². The Bertz CT molecular complexity index is 530. The van der Waals surface area contributed by atoms with Gasteiger partial charge in [0.1, 0.15) is 0 Å². The second kappa shape index (κ2) is 6.00. The van der Waals surface area contributed by atoms with Crippen LogP contribution in [0, 0.1) is 17.0 Å². The molecule has 2 N–H and O–H groups in total. The van der Waals surface area contributed by atoms with Crippen LogP contribution < -0.4 is 5.32 Å². The number of nitro groups is 1. The van der Waals surface area contributed by atoms with Crippen molar-refractivity contribution in [1.29, 1.82) is 0 Å². The monoisotopic (exact) mass is 278 g/mol. The second-order valence-electron chi connectivity index (χ2n) is 5.19. The Kier molecular flexibility index (Phi) is 4.34. The molecule has 1 fully saturated rings. The number of benzene rings is 1. The molecule has 0 radical (unpaired) electrons. The first-order valence-corrected chi connectivity index (χ1v) is 6.73. The Morgan fingerprint density at radius 2 is 2.10 bits per heavy atom. The highest BCUT2D eigenvalue weighted by Gasteiger charge is 2.25. The van der Waals surface area contributed by atoms with Crippen molar-refractivity contribution in [2.45, 2.75) is 44.8 Å². The number of rotatable bonds is 3. The van der Waals surface area contributed by atoms with Crippen molar-refractivity contribution >= 4 is 11.6 Å². The van der Waals surface area contributed by atoms with E-state index in [2.05, 4.69) is 5.32 Å². The topological polar surface area (TPSA) is 92.5 Å². The summed E-state index contributed by atoms with van der Waals surface area (Å²) in [6, 6.07) is 4.05. The van der Waals surface area contributed by atoms with Gasteiger partial charge < -0.3 is 10.4 Å². The number of aryl methyl sites for hydroxylation is 1. The van der Waals surface area contributed by atoms with Gasteiger partial charge in [0.05, 0.1) is 17.1 Å². The summed E-state index contributed by atoms with van der Waals surface area (Å²) in [5.74, 6) is -0.297. The molecule has 2 rings (SSSR count). The zero-order chi connectivity index (χ0) is 14.7. The van der Waals surface area contributed by atoms with E-state index in [0.717, 1.165) is 19.3 Å². The standard InChI is InChI=1S/C14H18N2O4/c1-9-8-10(6-7-12(9)16(19)20)14(18)15-11-4-2-3-5-13(11)17/h6-8,11,13,17H,2-5H2,1H3,(H,15,18)/t11-,13-/m0/s1. The number of hydrogen-bond acceptors (Lipinski definition) is 4. The summed E-state index contributed by atoms with van der Waals surface area (Å²) in [7, 11) is 0. The highest BCUT2D eigenvalue weighted by atomic mass is 16.6. The van der Waals surface area contributed by atoms with Gasteiger partial charge in [0, 0.05) is 17.2 Å². The number of aliphatic hydroxyl groups excluding tert-OH is 1. The molecule has 20 heavy (non-hydrogen) atoms. The summed E-state index contributed by atoms with van der Waals surface area (Å²) in [4.78, 5) is 22.4. The Balaban J connectivity index is 2.09. The first-order chi connectivity index (χ1) is 9.49. The van der Waals surface area contributed by atoms with Crippen molar-refractivity contribution in [2.75, 3.05) is 0 Å². The van der Waals surface area contributed by atoms with Gasteiger partial charge in [0.25, 0.3) is 11.6 Å². The van der Waals surface area contributed by atoms with E-state index in [-0.39, 0.29) is 17.6 Å². The molecular formula is C14H18N2O4. The largest absolute Gasteiger partial charge is 0.391 e. The smallest absolute Gasteiger partial charge is 0.272 e. The maximum atomic E-state index is 12.1. The van der Waals surface area contributed by atoms with Gasteiger partial charge >= 0.3 is 0 Å². The highest BCUT2D eigenvalue weighted by molar-refractivity contribution is 5.95. The van der Waals surface area contributed by atoms with Crippen LogP contribution in [0.3, 0.4) is 0 Å². The van der Waals surface area contributed by atoms with Gasteiger partial charge in [-0.15, -0.1) is 0 Å². The van der Waals surface area contributed by atoms with E-state index in [1.807, 2.05) is 0 Å². The molecule has 1 aliphatic rings. The van der Waals surface area contributed by atoms with E-state index in [0.29, 0.717) is 17.5 Å². The van der Waals surface area contributed by atoms with Crippen LogP contribution in [0.15, 0.2) is 18.2 Å². The number of carbonyl (C=O) groups excluding carboxylic acids is 1. The average molecular weight is 278 g/mol. The zero-order valence-electron chi connectivity index (χ0n) is 11.3. The van der Waals surface area contributed by atoms with Crippen molar-refractivity contribution in [3.63, 3.8) is 0 Å². The Morgan fingerprint density at radius 3 is 2.70 bits per heavy atom. The van der Waals surface area contributed by atoms with Crippen molar-refractivity contribution < 1.29 is 14.8 Å². The number of carbonyl (C=O) groups is 1. The molecule has 1 aliphatic carbocycles. The third-order valence-corrected chi connectivity index (χ3v) is 3.70. The Morgan fingerprint density at radius 1 is 1.40 bits per heavy atom. The number of nitrogens with one attached hydrogen (secondary N) is 1. The fraction of sp³-hybridized carbons (Fsp3) is 0.500. The van der Waals surface area contributed by atoms with E-state index in [1.165, 1.54) is 18.2 Å². The van der Waals surface area contributed by atoms with E-state index in [9.17, 15) is 20.0 Å². The van der Waals surface area contributed by atoms with Crippen molar-refractivity contribution in [1.82, 2.24) is 5.32 Å². The molecule has 0 aromatic heterocycles. The maximum absolute atomic E-state index is 12.1. The Labute approximate surface area is 117 Å². The summed E-state index contributed by atoms with van der Waals surface area (Å²) in [5.41, 5.74) is 0.831. The third kappa shape index (κ3) is 3.14. The first-order valence-electron chi connectivity index (χ1n) is 6.73. The molecule has 108 valence electrons. The molecule has 1 saturated carbocycles. The lowest BCUT2D eigenvalue weighted by atomic mass is 9.92. The quantitative estimate of drug-likeness (QED) is 0.652. The molecular weight excluding hydrogens is 260 g/mol. The van der Waals surface area contributed by atoms with Gasteiger partial charge in [0.15, 0.2) is 0 Å². The molecule has 0 unspecified atom stereocenters. The van der Waals surface area contributed by atoms with Gasteiger partial charge in [-0.05, 0) is 31.9 Å². The van der Waals surface area contributed by atoms with Gasteiger partial charge in [-0.3, -0.25) is 14.9 Å². The molecule has 1 aromatic rings. The van der Waals surface area contributed by atoms with Crippen LogP contribution in [0.2, 0.25) is 0 Å². The molecule has 6 nitrogen and oxygen atoms in total. The molecule has 0 saturated heterocycles. The lowest BCUT2D eigenvalue weighted by molar-refractivity contribution is -0.385. The number of aliphatic hydroxyl groups is 1. The molecule has 0 aliphatic heterocycles. The summed E-state index contributed by atoms with van der Waals surface area (Å²) < 4.78 is 0. The van der Waals surface area contributed by atoms with E-state index in [4.69, 9.17) is 0 Å². The van der Waals surface area contributed by atoms with Gasteiger partial charge in [-0.1, -0.05) is 12.8 Å². The van der Waals surface area contributed by atoms with Crippen LogP contribution >= 0.6 is 0 Å². The summed E-state index contributed by atoms with van der Waals surface area (Å²) in [6.45, 7) is 1.60. The zero-order valence-corrected chi connectivity index (χ0v) is 11.3. The third-order valence-electron chi connectivity index (χ3n) is 3.70. The number of nitrogens with zero attached hydrogens (tertiary/aromatic N) is 1. The molecule has 2 atom stereocenters. The minimum absolute atomic E-state index is 0.000693. The fourth-order valence-electron chi connectivity index (χ4n) is 2.53. The predicted octanol–water partition coefficient (Wildman–Crippen LogP) is 1.94. The molecule has 0 heterocycles. The Hall–Kier alpha value is -1.95. The van der Waals surface area contributed by atoms with Gasteiger partial charge in [0.2, 0.25) is 0 Å². The van der Waals surface area contributed by atoms with Crippen molar-refractivity contribution in [3.05, 3.63) is 39.4 Å². The van der Waals surface area contributed by atoms with Crippen LogP contribution in [0.4, 0.5) is 5.69 Å². The summed E-state index contributed by atoms with van der Waals surface area (Å²) in [6.07, 6.45) is 2.92. The molecule has 6 heteroatoms. The van der Waals surface area contributed by atoms with Gasteiger partial charge in [-0.25, -0.2) is 0 Å². The lowest BCUT2D eigenvalue weighted by Crippen LogP contribution is -2.45. The van der Waals surface area contributed by atoms with E-state index < -0.39 is 11.0 Å². The van der Waals surface area contributed by atoms with E-state index >= 15 is 0 Å². The second-order valence-corrected chi connectivity index (χ2v) is 5.19. The molecule has 0 spiro atoms. The SMILES string of the molecule is Cc1cc(C(=O)N[C@H]2CCCC[C@@H]2O)ccc1[N+](=O)[O-]. The maximum Gasteiger partial charge on any atom is 0.272 e. The molecule has 0 bridgehead atoms. The number of hydrogen-bond donors (Lipinski definition) is 2. The fourth-order valence-corrected chi connectivity index (χ4v) is 2.53. The lowest BCUT2D eigenvalue weighted by Gasteiger charge is -2.28. The molecule has 1 aromatic carbocycles. The van der Waals surface area contributed by atoms with Crippen LogP contribution in [0.1, 0.15) is 41.6 Å². The average Bonchev–Trinajstić information content (AvgIpc) is 2.40. The summed E-state index contributed by atoms with van der Waals surface area (Å²) in [5, 5.41) is 23.4. The van der Waals surface area contributed by atoms with Crippen LogP contribution in [-0.2, 0) is 0 Å². The predicted molar refractivity (Wildman–Crippen MR) is 73.6 cm³/mol. The van der Waals surface area contributed by atoms with Gasteiger partial charge in [-0.2, -0.15) is 0 Å². The first kappa shape index (κ1) is 14.5. The van der Waals surface area contributed by atoms with Crippen LogP contribution in [0.5, 0.6) is 0 Å². The van der Waals surface area contributed by atoms with Crippen molar-refractivity contribution in [3.8, 4) is 0 Å². The van der Waals surface area contributed by atoms with Crippen molar-refractivity contribution in [2.24, 2.45) is 0 Å². The minimum Gasteiger partial charge on any atom is -0.391 e. The normalized spacial score (nSPS) is 22.3. The summed E-state index contributed by atoms with van der Waals surface area (Å²) >= 11 is 0. The molecule has 1 amide bonds. The number of nitro benzene ring substituents is 1. The minimum atomic E-state index is -0.508.